The Hall–Kier alpha value is -2.17. The summed E-state index contributed by atoms with van der Waals surface area (Å²) >= 11 is 0. The second-order valence-electron chi connectivity index (χ2n) is 5.06. The van der Waals surface area contributed by atoms with Gasteiger partial charge in [0.15, 0.2) is 5.76 Å². The molecular formula is C15H15FN2O2. The Morgan fingerprint density at radius 1 is 1.35 bits per heavy atom. The Kier molecular flexibility index (Phi) is 3.50. The van der Waals surface area contributed by atoms with E-state index in [-0.39, 0.29) is 11.7 Å². The van der Waals surface area contributed by atoms with Gasteiger partial charge in [-0.15, -0.1) is 0 Å². The molecule has 1 atom stereocenters. The van der Waals surface area contributed by atoms with Crippen LogP contribution in [-0.4, -0.2) is 29.6 Å². The molecular weight excluding hydrogens is 259 g/mol. The maximum Gasteiger partial charge on any atom is 0.209 e. The Morgan fingerprint density at radius 2 is 2.15 bits per heavy atom. The molecule has 0 spiro atoms. The maximum absolute atomic E-state index is 12.9. The van der Waals surface area contributed by atoms with Gasteiger partial charge in [0.1, 0.15) is 5.82 Å². The van der Waals surface area contributed by atoms with Crippen LogP contribution in [0, 0.1) is 5.82 Å². The van der Waals surface area contributed by atoms with Gasteiger partial charge in [0.05, 0.1) is 5.69 Å². The molecule has 0 aliphatic carbocycles. The SMILES string of the molecule is O=CN1CCCC(c2cc(-c3ccc(F)cc3)on2)C1. The molecule has 1 aliphatic rings. The molecule has 0 N–H and O–H groups in total. The zero-order valence-electron chi connectivity index (χ0n) is 11.0. The number of nitrogens with zero attached hydrogens (tertiary/aromatic N) is 2. The number of aromatic nitrogens is 1. The van der Waals surface area contributed by atoms with Crippen LogP contribution in [0.3, 0.4) is 0 Å². The number of benzene rings is 1. The highest BCUT2D eigenvalue weighted by Crippen LogP contribution is 2.29. The van der Waals surface area contributed by atoms with E-state index in [0.717, 1.165) is 37.1 Å². The van der Waals surface area contributed by atoms with Crippen LogP contribution in [0.5, 0.6) is 0 Å². The first-order chi connectivity index (χ1) is 9.76. The van der Waals surface area contributed by atoms with Crippen molar-refractivity contribution in [2.75, 3.05) is 13.1 Å². The fraction of sp³-hybridized carbons (Fsp3) is 0.333. The van der Waals surface area contributed by atoms with Gasteiger partial charge in [0.2, 0.25) is 6.41 Å². The number of carbonyl (C=O) groups is 1. The highest BCUT2D eigenvalue weighted by molar-refractivity contribution is 5.57. The van der Waals surface area contributed by atoms with Crippen LogP contribution in [0.1, 0.15) is 24.5 Å². The van der Waals surface area contributed by atoms with Crippen molar-refractivity contribution in [3.8, 4) is 11.3 Å². The summed E-state index contributed by atoms with van der Waals surface area (Å²) in [6.45, 7) is 1.49. The standard InChI is InChI=1S/C15H15FN2O2/c16-13-5-3-11(4-6-13)15-8-14(17-20-15)12-2-1-7-18(9-12)10-19/h3-6,8,10,12H,1-2,7,9H2. The van der Waals surface area contributed by atoms with Crippen molar-refractivity contribution < 1.29 is 13.7 Å². The molecule has 1 aliphatic heterocycles. The van der Waals surface area contributed by atoms with E-state index in [2.05, 4.69) is 5.16 Å². The molecule has 0 radical (unpaired) electrons. The summed E-state index contributed by atoms with van der Waals surface area (Å²) in [5.41, 5.74) is 1.66. The van der Waals surface area contributed by atoms with E-state index in [1.165, 1.54) is 12.1 Å². The van der Waals surface area contributed by atoms with E-state index in [1.54, 1.807) is 17.0 Å². The Bertz CT molecular complexity index is 594. The fourth-order valence-electron chi connectivity index (χ4n) is 2.58. The molecule has 5 heteroatoms. The minimum atomic E-state index is -0.276. The van der Waals surface area contributed by atoms with Gasteiger partial charge in [-0.1, -0.05) is 5.16 Å². The zero-order valence-corrected chi connectivity index (χ0v) is 11.0. The summed E-state index contributed by atoms with van der Waals surface area (Å²) in [7, 11) is 0. The second kappa shape index (κ2) is 5.45. The number of likely N-dealkylation sites (tertiary alicyclic amines) is 1. The number of halogens is 1. The molecule has 2 heterocycles. The summed E-state index contributed by atoms with van der Waals surface area (Å²) in [5, 5.41) is 4.10. The minimum Gasteiger partial charge on any atom is -0.356 e. The lowest BCUT2D eigenvalue weighted by molar-refractivity contribution is -0.119. The van der Waals surface area contributed by atoms with E-state index in [4.69, 9.17) is 4.52 Å². The molecule has 1 unspecified atom stereocenters. The van der Waals surface area contributed by atoms with E-state index >= 15 is 0 Å². The fourth-order valence-corrected chi connectivity index (χ4v) is 2.58. The van der Waals surface area contributed by atoms with Gasteiger partial charge in [-0.25, -0.2) is 4.39 Å². The van der Waals surface area contributed by atoms with Crippen molar-refractivity contribution >= 4 is 6.41 Å². The summed E-state index contributed by atoms with van der Waals surface area (Å²) in [5.74, 6) is 0.567. The topological polar surface area (TPSA) is 46.3 Å². The van der Waals surface area contributed by atoms with E-state index < -0.39 is 0 Å². The normalized spacial score (nSPS) is 19.1. The third-order valence-electron chi connectivity index (χ3n) is 3.68. The van der Waals surface area contributed by atoms with Crippen molar-refractivity contribution in [2.45, 2.75) is 18.8 Å². The third-order valence-corrected chi connectivity index (χ3v) is 3.68. The predicted molar refractivity (Wildman–Crippen MR) is 71.5 cm³/mol. The first kappa shape index (κ1) is 12.8. The lowest BCUT2D eigenvalue weighted by atomic mass is 9.95. The molecule has 1 saturated heterocycles. The number of hydrogen-bond acceptors (Lipinski definition) is 3. The number of carbonyl (C=O) groups excluding carboxylic acids is 1. The molecule has 0 saturated carbocycles. The van der Waals surface area contributed by atoms with Crippen LogP contribution in [0.2, 0.25) is 0 Å². The summed E-state index contributed by atoms with van der Waals surface area (Å²) in [6, 6.07) is 8.00. The molecule has 20 heavy (non-hydrogen) atoms. The van der Waals surface area contributed by atoms with Crippen LogP contribution in [-0.2, 0) is 4.79 Å². The largest absolute Gasteiger partial charge is 0.356 e. The molecule has 1 amide bonds. The quantitative estimate of drug-likeness (QED) is 0.808. The molecule has 4 nitrogen and oxygen atoms in total. The molecule has 1 fully saturated rings. The van der Waals surface area contributed by atoms with Gasteiger partial charge in [-0.2, -0.15) is 0 Å². The van der Waals surface area contributed by atoms with Crippen LogP contribution in [0.4, 0.5) is 4.39 Å². The minimum absolute atomic E-state index is 0.215. The molecule has 1 aromatic carbocycles. The first-order valence-corrected chi connectivity index (χ1v) is 6.68. The monoisotopic (exact) mass is 274 g/mol. The number of piperidine rings is 1. The van der Waals surface area contributed by atoms with E-state index in [1.807, 2.05) is 6.07 Å². The highest BCUT2D eigenvalue weighted by Gasteiger charge is 2.23. The smallest absolute Gasteiger partial charge is 0.209 e. The summed E-state index contributed by atoms with van der Waals surface area (Å²) in [6.07, 6.45) is 2.86. The zero-order chi connectivity index (χ0) is 13.9. The van der Waals surface area contributed by atoms with Gasteiger partial charge in [0.25, 0.3) is 0 Å². The molecule has 0 bridgehead atoms. The Morgan fingerprint density at radius 3 is 2.90 bits per heavy atom. The maximum atomic E-state index is 12.9. The van der Waals surface area contributed by atoms with Crippen LogP contribution in [0.25, 0.3) is 11.3 Å². The first-order valence-electron chi connectivity index (χ1n) is 6.68. The van der Waals surface area contributed by atoms with Crippen LogP contribution >= 0.6 is 0 Å². The summed E-state index contributed by atoms with van der Waals surface area (Å²) in [4.78, 5) is 12.6. The number of rotatable bonds is 3. The Balaban J connectivity index is 1.79. The van der Waals surface area contributed by atoms with E-state index in [9.17, 15) is 9.18 Å². The second-order valence-corrected chi connectivity index (χ2v) is 5.06. The van der Waals surface area contributed by atoms with Gasteiger partial charge in [-0.05, 0) is 37.1 Å². The number of amides is 1. The Labute approximate surface area is 116 Å². The highest BCUT2D eigenvalue weighted by atomic mass is 19.1. The van der Waals surface area contributed by atoms with Crippen molar-refractivity contribution in [3.05, 3.63) is 41.8 Å². The molecule has 2 aromatic rings. The molecule has 1 aromatic heterocycles. The summed E-state index contributed by atoms with van der Waals surface area (Å²) < 4.78 is 18.2. The third kappa shape index (κ3) is 2.57. The molecule has 3 rings (SSSR count). The van der Waals surface area contributed by atoms with Crippen molar-refractivity contribution in [1.82, 2.24) is 10.1 Å². The van der Waals surface area contributed by atoms with Gasteiger partial charge in [-0.3, -0.25) is 4.79 Å². The van der Waals surface area contributed by atoms with Crippen molar-refractivity contribution in [3.63, 3.8) is 0 Å². The van der Waals surface area contributed by atoms with Gasteiger partial charge >= 0.3 is 0 Å². The number of hydrogen-bond donors (Lipinski definition) is 0. The van der Waals surface area contributed by atoms with Gasteiger partial charge in [0, 0.05) is 30.6 Å². The predicted octanol–water partition coefficient (Wildman–Crippen LogP) is 2.82. The van der Waals surface area contributed by atoms with E-state index in [0.29, 0.717) is 12.3 Å². The van der Waals surface area contributed by atoms with Crippen LogP contribution < -0.4 is 0 Å². The van der Waals surface area contributed by atoms with Crippen molar-refractivity contribution in [1.29, 1.82) is 0 Å². The van der Waals surface area contributed by atoms with Gasteiger partial charge < -0.3 is 9.42 Å². The average Bonchev–Trinajstić information content (AvgIpc) is 2.98. The van der Waals surface area contributed by atoms with Crippen molar-refractivity contribution in [2.24, 2.45) is 0 Å². The molecule has 104 valence electrons. The average molecular weight is 274 g/mol. The lowest BCUT2D eigenvalue weighted by Crippen LogP contribution is -2.33. The lowest BCUT2D eigenvalue weighted by Gasteiger charge is -2.28. The van der Waals surface area contributed by atoms with Crippen LogP contribution in [0.15, 0.2) is 34.9 Å².